The number of carbonyl (C=O) groups is 1. The fourth-order valence-electron chi connectivity index (χ4n) is 3.43. The van der Waals surface area contributed by atoms with Gasteiger partial charge in [-0.2, -0.15) is 0 Å². The monoisotopic (exact) mass is 401 g/mol. The highest BCUT2D eigenvalue weighted by atomic mass is 16.5. The second kappa shape index (κ2) is 18.3. The Morgan fingerprint density at radius 3 is 2.17 bits per heavy atom. The topological polar surface area (TPSA) is 38.3 Å². The molecule has 0 aromatic heterocycles. The van der Waals surface area contributed by atoms with Crippen molar-refractivity contribution in [2.75, 3.05) is 7.11 Å². The van der Waals surface area contributed by atoms with Crippen LogP contribution >= 0.6 is 0 Å². The Balaban J connectivity index is 1.88. The van der Waals surface area contributed by atoms with Gasteiger partial charge in [0.15, 0.2) is 0 Å². The first-order valence-corrected chi connectivity index (χ1v) is 11.8. The van der Waals surface area contributed by atoms with E-state index in [1.54, 1.807) is 7.11 Å². The van der Waals surface area contributed by atoms with Crippen LogP contribution in [0.4, 0.5) is 0 Å². The van der Waals surface area contributed by atoms with Gasteiger partial charge in [0, 0.05) is 13.0 Å². The number of hydrogen-bond acceptors (Lipinski definition) is 2. The average Bonchev–Trinajstić information content (AvgIpc) is 2.75. The van der Waals surface area contributed by atoms with Crippen molar-refractivity contribution in [2.24, 2.45) is 0 Å². The summed E-state index contributed by atoms with van der Waals surface area (Å²) >= 11 is 0. The molecule has 0 aliphatic carbocycles. The van der Waals surface area contributed by atoms with Gasteiger partial charge < -0.3 is 10.1 Å². The number of carbonyl (C=O) groups excluding carboxylic acids is 1. The fraction of sp³-hybridized carbons (Fsp3) is 0.654. The number of hydrogen-bond donors (Lipinski definition) is 1. The number of allylic oxidation sites excluding steroid dienone is 2. The van der Waals surface area contributed by atoms with Crippen LogP contribution in [0.2, 0.25) is 0 Å². The molecule has 1 rings (SSSR count). The third-order valence-corrected chi connectivity index (χ3v) is 5.29. The molecule has 1 amide bonds. The third kappa shape index (κ3) is 14.8. The standard InChI is InChI=1S/C26H43NO2/c1-3-4-5-6-7-8-9-10-11-12-13-14-15-16-17-21-26(28)27-23-24-19-18-20-25(22-24)29-2/h10-11,18-20,22H,3-9,12-17,21,23H2,1-2H3,(H,27,28). The zero-order chi connectivity index (χ0) is 21.0. The summed E-state index contributed by atoms with van der Waals surface area (Å²) in [5.74, 6) is 0.972. The molecule has 3 heteroatoms. The normalized spacial score (nSPS) is 11.1. The molecule has 1 N–H and O–H groups in total. The molecule has 0 atom stereocenters. The highest BCUT2D eigenvalue weighted by molar-refractivity contribution is 5.75. The lowest BCUT2D eigenvalue weighted by molar-refractivity contribution is -0.121. The third-order valence-electron chi connectivity index (χ3n) is 5.29. The lowest BCUT2D eigenvalue weighted by Gasteiger charge is -2.07. The maximum atomic E-state index is 12.0. The summed E-state index contributed by atoms with van der Waals surface area (Å²) in [7, 11) is 1.66. The number of nitrogens with one attached hydrogen (secondary N) is 1. The van der Waals surface area contributed by atoms with Crippen molar-refractivity contribution < 1.29 is 9.53 Å². The van der Waals surface area contributed by atoms with Crippen molar-refractivity contribution in [2.45, 2.75) is 103 Å². The molecule has 0 bridgehead atoms. The summed E-state index contributed by atoms with van der Waals surface area (Å²) in [5.41, 5.74) is 1.07. The molecule has 164 valence electrons. The highest BCUT2D eigenvalue weighted by Gasteiger charge is 2.02. The second-order valence-electron chi connectivity index (χ2n) is 7.96. The van der Waals surface area contributed by atoms with E-state index in [0.717, 1.165) is 24.2 Å². The molecule has 0 spiro atoms. The number of rotatable bonds is 18. The van der Waals surface area contributed by atoms with Gasteiger partial charge in [-0.3, -0.25) is 4.79 Å². The Kier molecular flexibility index (Phi) is 15.9. The van der Waals surface area contributed by atoms with Crippen LogP contribution < -0.4 is 10.1 Å². The van der Waals surface area contributed by atoms with Gasteiger partial charge in [0.2, 0.25) is 5.91 Å². The van der Waals surface area contributed by atoms with E-state index in [-0.39, 0.29) is 5.91 Å². The first-order valence-electron chi connectivity index (χ1n) is 11.8. The van der Waals surface area contributed by atoms with E-state index in [1.807, 2.05) is 24.3 Å². The van der Waals surface area contributed by atoms with Crippen molar-refractivity contribution in [3.05, 3.63) is 42.0 Å². The molecule has 29 heavy (non-hydrogen) atoms. The summed E-state index contributed by atoms with van der Waals surface area (Å²) in [6.07, 6.45) is 22.0. The fourth-order valence-corrected chi connectivity index (χ4v) is 3.43. The van der Waals surface area contributed by atoms with Crippen LogP contribution in [0.3, 0.4) is 0 Å². The van der Waals surface area contributed by atoms with Gasteiger partial charge in [0.1, 0.15) is 5.75 Å². The van der Waals surface area contributed by atoms with Gasteiger partial charge in [-0.05, 0) is 49.8 Å². The Bertz CT molecular complexity index is 553. The highest BCUT2D eigenvalue weighted by Crippen LogP contribution is 2.13. The average molecular weight is 402 g/mol. The van der Waals surface area contributed by atoms with E-state index in [0.29, 0.717) is 13.0 Å². The molecule has 1 aromatic rings. The molecule has 1 aromatic carbocycles. The lowest BCUT2D eigenvalue weighted by Crippen LogP contribution is -2.22. The van der Waals surface area contributed by atoms with Crippen LogP contribution in [0.1, 0.15) is 102 Å². The Morgan fingerprint density at radius 2 is 1.52 bits per heavy atom. The first kappa shape index (κ1) is 25.3. The van der Waals surface area contributed by atoms with Crippen molar-refractivity contribution in [1.29, 1.82) is 0 Å². The molecular formula is C26H43NO2. The smallest absolute Gasteiger partial charge is 0.220 e. The number of ether oxygens (including phenoxy) is 1. The van der Waals surface area contributed by atoms with Gasteiger partial charge in [0.05, 0.1) is 7.11 Å². The first-order chi connectivity index (χ1) is 14.3. The minimum Gasteiger partial charge on any atom is -0.497 e. The van der Waals surface area contributed by atoms with Gasteiger partial charge in [-0.15, -0.1) is 0 Å². The summed E-state index contributed by atoms with van der Waals surface area (Å²) in [6.45, 7) is 2.84. The molecule has 0 aliphatic heterocycles. The molecular weight excluding hydrogens is 358 g/mol. The van der Waals surface area contributed by atoms with E-state index >= 15 is 0 Å². The zero-order valence-electron chi connectivity index (χ0n) is 18.9. The van der Waals surface area contributed by atoms with Crippen LogP contribution in [0.25, 0.3) is 0 Å². The van der Waals surface area contributed by atoms with Crippen molar-refractivity contribution in [1.82, 2.24) is 5.32 Å². The molecule has 0 unspecified atom stereocenters. The van der Waals surface area contributed by atoms with E-state index in [4.69, 9.17) is 4.74 Å². The van der Waals surface area contributed by atoms with Crippen LogP contribution in [-0.4, -0.2) is 13.0 Å². The lowest BCUT2D eigenvalue weighted by atomic mass is 10.1. The van der Waals surface area contributed by atoms with Crippen LogP contribution in [0.5, 0.6) is 5.75 Å². The van der Waals surface area contributed by atoms with Gasteiger partial charge >= 0.3 is 0 Å². The number of methoxy groups -OCH3 is 1. The molecule has 0 radical (unpaired) electrons. The molecule has 0 saturated carbocycles. The van der Waals surface area contributed by atoms with Gasteiger partial charge in [0.25, 0.3) is 0 Å². The molecule has 0 saturated heterocycles. The second-order valence-corrected chi connectivity index (χ2v) is 7.96. The minimum absolute atomic E-state index is 0.144. The van der Waals surface area contributed by atoms with Crippen molar-refractivity contribution >= 4 is 5.91 Å². The molecule has 3 nitrogen and oxygen atoms in total. The van der Waals surface area contributed by atoms with Crippen molar-refractivity contribution in [3.8, 4) is 5.75 Å². The predicted octanol–water partition coefficient (Wildman–Crippen LogP) is 7.35. The minimum atomic E-state index is 0.144. The predicted molar refractivity (Wildman–Crippen MR) is 124 cm³/mol. The maximum absolute atomic E-state index is 12.0. The Hall–Kier alpha value is -1.77. The summed E-state index contributed by atoms with van der Waals surface area (Å²) in [4.78, 5) is 12.0. The molecule has 0 heterocycles. The van der Waals surface area contributed by atoms with Crippen LogP contribution in [-0.2, 0) is 11.3 Å². The largest absolute Gasteiger partial charge is 0.497 e. The number of unbranched alkanes of at least 4 members (excludes halogenated alkanes) is 11. The Labute approximate surface area is 179 Å². The Morgan fingerprint density at radius 1 is 0.897 bits per heavy atom. The van der Waals surface area contributed by atoms with E-state index in [1.165, 1.54) is 70.6 Å². The van der Waals surface area contributed by atoms with Crippen LogP contribution in [0.15, 0.2) is 36.4 Å². The summed E-state index contributed by atoms with van der Waals surface area (Å²) in [6, 6.07) is 7.83. The van der Waals surface area contributed by atoms with Gasteiger partial charge in [-0.25, -0.2) is 0 Å². The summed E-state index contributed by atoms with van der Waals surface area (Å²) < 4.78 is 5.21. The van der Waals surface area contributed by atoms with Crippen molar-refractivity contribution in [3.63, 3.8) is 0 Å². The zero-order valence-corrected chi connectivity index (χ0v) is 18.9. The van der Waals surface area contributed by atoms with E-state index < -0.39 is 0 Å². The van der Waals surface area contributed by atoms with Gasteiger partial charge in [-0.1, -0.05) is 82.6 Å². The number of benzene rings is 1. The molecule has 0 fully saturated rings. The number of amides is 1. The van der Waals surface area contributed by atoms with E-state index in [9.17, 15) is 4.79 Å². The SMILES string of the molecule is CCCCCCCCC=CCCCCCCCC(=O)NCc1cccc(OC)c1. The maximum Gasteiger partial charge on any atom is 0.220 e. The van der Waals surface area contributed by atoms with E-state index in [2.05, 4.69) is 24.4 Å². The summed E-state index contributed by atoms with van der Waals surface area (Å²) in [5, 5.41) is 3.00. The molecule has 0 aliphatic rings. The quantitative estimate of drug-likeness (QED) is 0.206. The van der Waals surface area contributed by atoms with Crippen LogP contribution in [0, 0.1) is 0 Å².